The Kier molecular flexibility index (Phi) is 4.45. The van der Waals surface area contributed by atoms with Crippen molar-refractivity contribution in [2.24, 2.45) is 11.8 Å². The summed E-state index contributed by atoms with van der Waals surface area (Å²) in [6, 6.07) is 0. The van der Waals surface area contributed by atoms with Crippen molar-refractivity contribution < 1.29 is 0 Å². The summed E-state index contributed by atoms with van der Waals surface area (Å²) >= 11 is 2.22. The van der Waals surface area contributed by atoms with Crippen molar-refractivity contribution in [2.75, 3.05) is 5.73 Å². The average molecular weight is 359 g/mol. The molecule has 1 saturated carbocycles. The fourth-order valence-electron chi connectivity index (χ4n) is 2.83. The highest BCUT2D eigenvalue weighted by atomic mass is 127. The van der Waals surface area contributed by atoms with Gasteiger partial charge in [0.05, 0.1) is 9.26 Å². The topological polar surface area (TPSA) is 51.8 Å². The van der Waals surface area contributed by atoms with E-state index in [2.05, 4.69) is 46.4 Å². The molecule has 3 nitrogen and oxygen atoms in total. The Morgan fingerprint density at radius 1 is 1.17 bits per heavy atom. The van der Waals surface area contributed by atoms with Gasteiger partial charge in [0.25, 0.3) is 0 Å². The lowest BCUT2D eigenvalue weighted by Crippen LogP contribution is -2.19. The third kappa shape index (κ3) is 2.95. The summed E-state index contributed by atoms with van der Waals surface area (Å²) in [6.45, 7) is 6.67. The number of nitrogens with two attached hydrogens (primary N) is 1. The summed E-state index contributed by atoms with van der Waals surface area (Å²) in [5.41, 5.74) is 6.96. The second-order valence-corrected chi connectivity index (χ2v) is 6.80. The average Bonchev–Trinajstić information content (AvgIpc) is 2.35. The summed E-state index contributed by atoms with van der Waals surface area (Å²) in [4.78, 5) is 9.11. The van der Waals surface area contributed by atoms with Crippen molar-refractivity contribution in [1.29, 1.82) is 0 Å². The van der Waals surface area contributed by atoms with E-state index in [9.17, 15) is 0 Å². The van der Waals surface area contributed by atoms with Crippen LogP contribution >= 0.6 is 22.6 Å². The number of aryl methyl sites for hydroxylation is 1. The molecule has 1 aliphatic carbocycles. The van der Waals surface area contributed by atoms with Crippen LogP contribution in [-0.2, 0) is 0 Å². The Morgan fingerprint density at radius 2 is 1.78 bits per heavy atom. The molecule has 0 amide bonds. The molecule has 1 heterocycles. The first kappa shape index (κ1) is 14.0. The van der Waals surface area contributed by atoms with Crippen LogP contribution in [0.3, 0.4) is 0 Å². The van der Waals surface area contributed by atoms with E-state index in [1.807, 2.05) is 6.92 Å². The number of anilines is 1. The first-order valence-electron chi connectivity index (χ1n) is 6.78. The predicted molar refractivity (Wildman–Crippen MR) is 83.4 cm³/mol. The van der Waals surface area contributed by atoms with E-state index >= 15 is 0 Å². The van der Waals surface area contributed by atoms with Crippen LogP contribution in [-0.4, -0.2) is 9.97 Å². The van der Waals surface area contributed by atoms with Crippen molar-refractivity contribution in [3.63, 3.8) is 0 Å². The molecule has 0 aliphatic heterocycles. The minimum atomic E-state index is 0.512. The van der Waals surface area contributed by atoms with Crippen molar-refractivity contribution in [2.45, 2.75) is 52.4 Å². The molecule has 2 rings (SSSR count). The highest BCUT2D eigenvalue weighted by Crippen LogP contribution is 2.37. The molecule has 18 heavy (non-hydrogen) atoms. The number of nitrogen functional groups attached to an aromatic ring is 1. The van der Waals surface area contributed by atoms with E-state index in [1.54, 1.807) is 0 Å². The number of rotatable bonds is 2. The molecular formula is C14H22IN3. The first-order valence-corrected chi connectivity index (χ1v) is 7.86. The van der Waals surface area contributed by atoms with Gasteiger partial charge in [-0.3, -0.25) is 0 Å². The van der Waals surface area contributed by atoms with Gasteiger partial charge in [-0.15, -0.1) is 0 Å². The van der Waals surface area contributed by atoms with Crippen LogP contribution in [0.5, 0.6) is 0 Å². The lowest BCUT2D eigenvalue weighted by Gasteiger charge is -2.30. The van der Waals surface area contributed by atoms with Crippen molar-refractivity contribution in [3.05, 3.63) is 15.1 Å². The summed E-state index contributed by atoms with van der Waals surface area (Å²) in [7, 11) is 0. The van der Waals surface area contributed by atoms with E-state index in [0.29, 0.717) is 11.7 Å². The van der Waals surface area contributed by atoms with Gasteiger partial charge in [-0.2, -0.15) is 0 Å². The zero-order chi connectivity index (χ0) is 13.3. The standard InChI is InChI=1S/C14H22IN3/c1-8(2)10-4-6-11(7-5-10)14-17-9(3)12(15)13(16)18-14/h8,10-11H,4-7H2,1-3H3,(H2,16,17,18). The van der Waals surface area contributed by atoms with Crippen molar-refractivity contribution >= 4 is 28.4 Å². The number of nitrogens with zero attached hydrogens (tertiary/aromatic N) is 2. The molecule has 1 aromatic rings. The van der Waals surface area contributed by atoms with Gasteiger partial charge in [-0.1, -0.05) is 13.8 Å². The third-order valence-corrected chi connectivity index (χ3v) is 5.47. The second kappa shape index (κ2) is 5.72. The predicted octanol–water partition coefficient (Wildman–Crippen LogP) is 3.90. The summed E-state index contributed by atoms with van der Waals surface area (Å²) in [5.74, 6) is 3.80. The van der Waals surface area contributed by atoms with Gasteiger partial charge in [0, 0.05) is 5.92 Å². The minimum Gasteiger partial charge on any atom is -0.383 e. The molecule has 2 N–H and O–H groups in total. The molecule has 0 atom stereocenters. The van der Waals surface area contributed by atoms with E-state index in [1.165, 1.54) is 25.7 Å². The molecular weight excluding hydrogens is 337 g/mol. The Labute approximate surface area is 123 Å². The maximum atomic E-state index is 5.95. The smallest absolute Gasteiger partial charge is 0.140 e. The van der Waals surface area contributed by atoms with Crippen LogP contribution in [0, 0.1) is 22.3 Å². The second-order valence-electron chi connectivity index (χ2n) is 5.72. The fourth-order valence-corrected chi connectivity index (χ4v) is 3.07. The van der Waals surface area contributed by atoms with E-state index < -0.39 is 0 Å². The first-order chi connectivity index (χ1) is 8.49. The van der Waals surface area contributed by atoms with Crippen molar-refractivity contribution in [3.8, 4) is 0 Å². The van der Waals surface area contributed by atoms with Crippen LogP contribution in [0.15, 0.2) is 0 Å². The normalized spacial score (nSPS) is 24.5. The highest BCUT2D eigenvalue weighted by Gasteiger charge is 2.26. The lowest BCUT2D eigenvalue weighted by atomic mass is 9.77. The summed E-state index contributed by atoms with van der Waals surface area (Å²) in [6.07, 6.45) is 5.03. The van der Waals surface area contributed by atoms with Crippen LogP contribution < -0.4 is 5.73 Å². The van der Waals surface area contributed by atoms with Gasteiger partial charge in [-0.25, -0.2) is 9.97 Å². The molecule has 4 heteroatoms. The monoisotopic (exact) mass is 359 g/mol. The van der Waals surface area contributed by atoms with Crippen molar-refractivity contribution in [1.82, 2.24) is 9.97 Å². The number of hydrogen-bond acceptors (Lipinski definition) is 3. The summed E-state index contributed by atoms with van der Waals surface area (Å²) < 4.78 is 0.993. The Morgan fingerprint density at radius 3 is 2.28 bits per heavy atom. The zero-order valence-corrected chi connectivity index (χ0v) is 13.6. The highest BCUT2D eigenvalue weighted by molar-refractivity contribution is 14.1. The molecule has 1 aliphatic rings. The quantitative estimate of drug-likeness (QED) is 0.815. The zero-order valence-electron chi connectivity index (χ0n) is 11.4. The molecule has 0 spiro atoms. The molecule has 0 radical (unpaired) electrons. The van der Waals surface area contributed by atoms with E-state index in [-0.39, 0.29) is 0 Å². The van der Waals surface area contributed by atoms with Gasteiger partial charge < -0.3 is 5.73 Å². The Hall–Kier alpha value is -0.390. The van der Waals surface area contributed by atoms with Gasteiger partial charge >= 0.3 is 0 Å². The van der Waals surface area contributed by atoms with Crippen LogP contribution in [0.1, 0.15) is 57.0 Å². The van der Waals surface area contributed by atoms with E-state index in [4.69, 9.17) is 5.73 Å². The van der Waals surface area contributed by atoms with Crippen LogP contribution in [0.4, 0.5) is 5.82 Å². The molecule has 0 bridgehead atoms. The third-order valence-electron chi connectivity index (χ3n) is 4.14. The number of halogens is 1. The molecule has 0 saturated heterocycles. The van der Waals surface area contributed by atoms with Crippen LogP contribution in [0.2, 0.25) is 0 Å². The fraction of sp³-hybridized carbons (Fsp3) is 0.714. The SMILES string of the molecule is Cc1nc(C2CCC(C(C)C)CC2)nc(N)c1I. The van der Waals surface area contributed by atoms with Gasteiger partial charge in [0.2, 0.25) is 0 Å². The largest absolute Gasteiger partial charge is 0.383 e. The summed E-state index contributed by atoms with van der Waals surface area (Å²) in [5, 5.41) is 0. The number of aromatic nitrogens is 2. The minimum absolute atomic E-state index is 0.512. The lowest BCUT2D eigenvalue weighted by molar-refractivity contribution is 0.254. The molecule has 0 aromatic carbocycles. The van der Waals surface area contributed by atoms with E-state index in [0.717, 1.165) is 26.9 Å². The molecule has 1 aromatic heterocycles. The molecule has 0 unspecified atom stereocenters. The van der Waals surface area contributed by atoms with Gasteiger partial charge in [0.1, 0.15) is 11.6 Å². The molecule has 1 fully saturated rings. The maximum Gasteiger partial charge on any atom is 0.140 e. The maximum absolute atomic E-state index is 5.95. The Balaban J connectivity index is 2.10. The molecule has 100 valence electrons. The van der Waals surface area contributed by atoms with Gasteiger partial charge in [-0.05, 0) is 67.0 Å². The number of hydrogen-bond donors (Lipinski definition) is 1. The Bertz CT molecular complexity index is 400. The van der Waals surface area contributed by atoms with Gasteiger partial charge in [0.15, 0.2) is 0 Å². The van der Waals surface area contributed by atoms with Crippen LogP contribution in [0.25, 0.3) is 0 Å².